The second-order valence-electron chi connectivity index (χ2n) is 4.62. The summed E-state index contributed by atoms with van der Waals surface area (Å²) in [4.78, 5) is 5.43. The summed E-state index contributed by atoms with van der Waals surface area (Å²) in [5.41, 5.74) is 3.64. The molecular formula is C14H13F2N3S. The Morgan fingerprint density at radius 1 is 1.25 bits per heavy atom. The number of nitrogens with one attached hydrogen (secondary N) is 1. The van der Waals surface area contributed by atoms with Crippen LogP contribution in [0.5, 0.6) is 0 Å². The summed E-state index contributed by atoms with van der Waals surface area (Å²) in [7, 11) is 0. The Hall–Kier alpha value is -1.95. The zero-order valence-corrected chi connectivity index (χ0v) is 11.9. The highest BCUT2D eigenvalue weighted by atomic mass is 32.1. The topological polar surface area (TPSA) is 29.3 Å². The number of aromatic nitrogens is 2. The van der Waals surface area contributed by atoms with Crippen LogP contribution in [0.1, 0.15) is 17.1 Å². The predicted octanol–water partition coefficient (Wildman–Crippen LogP) is 3.90. The van der Waals surface area contributed by atoms with Crippen molar-refractivity contribution >= 4 is 22.0 Å². The van der Waals surface area contributed by atoms with Gasteiger partial charge in [0.05, 0.1) is 17.9 Å². The van der Waals surface area contributed by atoms with Gasteiger partial charge in [-0.15, -0.1) is 11.3 Å². The van der Waals surface area contributed by atoms with Gasteiger partial charge in [0.25, 0.3) is 0 Å². The Balaban J connectivity index is 1.88. The fraction of sp³-hybridized carbons (Fsp3) is 0.214. The van der Waals surface area contributed by atoms with Crippen molar-refractivity contribution in [2.24, 2.45) is 0 Å². The smallest absolute Gasteiger partial charge is 0.194 e. The lowest BCUT2D eigenvalue weighted by atomic mass is 10.2. The number of imidazole rings is 1. The van der Waals surface area contributed by atoms with Gasteiger partial charge < -0.3 is 5.32 Å². The van der Waals surface area contributed by atoms with Crippen LogP contribution in [0, 0.1) is 25.5 Å². The van der Waals surface area contributed by atoms with E-state index in [1.165, 1.54) is 6.07 Å². The van der Waals surface area contributed by atoms with Gasteiger partial charge in [-0.25, -0.2) is 13.8 Å². The first-order valence-corrected chi connectivity index (χ1v) is 7.05. The van der Waals surface area contributed by atoms with Crippen molar-refractivity contribution in [3.63, 3.8) is 0 Å². The first-order valence-electron chi connectivity index (χ1n) is 6.17. The van der Waals surface area contributed by atoms with Crippen molar-refractivity contribution in [2.75, 3.05) is 5.32 Å². The van der Waals surface area contributed by atoms with E-state index in [4.69, 9.17) is 0 Å². The molecule has 0 saturated carbocycles. The molecule has 0 fully saturated rings. The number of benzene rings is 1. The minimum absolute atomic E-state index is 0.510. The predicted molar refractivity (Wildman–Crippen MR) is 76.2 cm³/mol. The number of nitrogens with zero attached hydrogens (tertiary/aromatic N) is 2. The van der Waals surface area contributed by atoms with E-state index in [1.54, 1.807) is 11.3 Å². The Morgan fingerprint density at radius 3 is 2.80 bits per heavy atom. The Bertz CT molecular complexity index is 776. The van der Waals surface area contributed by atoms with Gasteiger partial charge in [0.15, 0.2) is 16.6 Å². The number of hydrogen-bond acceptors (Lipinski definition) is 3. The number of hydrogen-bond donors (Lipinski definition) is 1. The van der Waals surface area contributed by atoms with Gasteiger partial charge in [-0.3, -0.25) is 4.40 Å². The highest BCUT2D eigenvalue weighted by Gasteiger charge is 2.12. The first kappa shape index (κ1) is 13.1. The quantitative estimate of drug-likeness (QED) is 0.793. The van der Waals surface area contributed by atoms with Crippen LogP contribution in [-0.4, -0.2) is 9.38 Å². The summed E-state index contributed by atoms with van der Waals surface area (Å²) in [6.07, 6.45) is 0. The summed E-state index contributed by atoms with van der Waals surface area (Å²) in [5, 5.41) is 5.15. The molecule has 0 amide bonds. The molecule has 2 heterocycles. The molecule has 0 saturated heterocycles. The minimum Gasteiger partial charge on any atom is -0.379 e. The molecule has 104 valence electrons. The molecule has 0 spiro atoms. The van der Waals surface area contributed by atoms with Crippen molar-refractivity contribution in [3.8, 4) is 0 Å². The second kappa shape index (κ2) is 4.86. The Morgan fingerprint density at radius 2 is 2.05 bits per heavy atom. The third-order valence-electron chi connectivity index (χ3n) is 3.21. The highest BCUT2D eigenvalue weighted by Crippen LogP contribution is 2.21. The molecule has 20 heavy (non-hydrogen) atoms. The van der Waals surface area contributed by atoms with Crippen molar-refractivity contribution < 1.29 is 8.78 Å². The van der Waals surface area contributed by atoms with Crippen LogP contribution in [0.4, 0.5) is 14.5 Å². The lowest BCUT2D eigenvalue weighted by molar-refractivity contribution is 0.509. The van der Waals surface area contributed by atoms with Crippen LogP contribution in [0.3, 0.4) is 0 Å². The van der Waals surface area contributed by atoms with Crippen LogP contribution < -0.4 is 5.32 Å². The van der Waals surface area contributed by atoms with Gasteiger partial charge in [-0.05, 0) is 26.0 Å². The van der Waals surface area contributed by atoms with Crippen LogP contribution in [0.2, 0.25) is 0 Å². The summed E-state index contributed by atoms with van der Waals surface area (Å²) in [6.45, 7) is 4.47. The molecule has 0 aliphatic heterocycles. The molecule has 0 aliphatic carbocycles. The van der Waals surface area contributed by atoms with Crippen LogP contribution in [0.15, 0.2) is 23.6 Å². The Kier molecular flexibility index (Phi) is 3.17. The molecule has 1 aromatic carbocycles. The van der Waals surface area contributed by atoms with Crippen molar-refractivity contribution in [1.82, 2.24) is 9.38 Å². The molecule has 0 atom stereocenters. The van der Waals surface area contributed by atoms with E-state index in [9.17, 15) is 8.78 Å². The highest BCUT2D eigenvalue weighted by molar-refractivity contribution is 7.15. The largest absolute Gasteiger partial charge is 0.379 e. The number of fused-ring (bicyclic) bond motifs is 1. The molecule has 3 nitrogen and oxygen atoms in total. The molecule has 6 heteroatoms. The van der Waals surface area contributed by atoms with Gasteiger partial charge in [0.2, 0.25) is 0 Å². The van der Waals surface area contributed by atoms with Crippen molar-refractivity contribution in [3.05, 3.63) is 52.3 Å². The van der Waals surface area contributed by atoms with Crippen molar-refractivity contribution in [2.45, 2.75) is 20.4 Å². The molecule has 3 aromatic rings. The standard InChI is InChI=1S/C14H13F2N3S/c1-8-7-20-14-18-9(2)13(19(8)14)6-17-10-3-4-11(15)12(16)5-10/h3-5,7,17H,6H2,1-2H3. The number of rotatable bonds is 3. The minimum atomic E-state index is -0.850. The summed E-state index contributed by atoms with van der Waals surface area (Å²) < 4.78 is 28.1. The third kappa shape index (κ3) is 2.16. The van der Waals surface area contributed by atoms with Gasteiger partial charge in [-0.2, -0.15) is 0 Å². The maximum absolute atomic E-state index is 13.2. The molecular weight excluding hydrogens is 280 g/mol. The van der Waals surface area contributed by atoms with Gasteiger partial charge in [0.1, 0.15) is 0 Å². The fourth-order valence-corrected chi connectivity index (χ4v) is 3.10. The number of anilines is 1. The SMILES string of the molecule is Cc1nc2scc(C)n2c1CNc1ccc(F)c(F)c1. The fourth-order valence-electron chi connectivity index (χ4n) is 2.17. The zero-order valence-electron chi connectivity index (χ0n) is 11.1. The number of thiazole rings is 1. The molecule has 0 unspecified atom stereocenters. The molecule has 0 aliphatic rings. The summed E-state index contributed by atoms with van der Waals surface area (Å²) in [5.74, 6) is -1.69. The third-order valence-corrected chi connectivity index (χ3v) is 4.15. The molecule has 2 aromatic heterocycles. The van der Waals surface area contributed by atoms with E-state index in [0.29, 0.717) is 12.2 Å². The maximum atomic E-state index is 13.2. The Labute approximate surface area is 118 Å². The van der Waals surface area contributed by atoms with Crippen LogP contribution >= 0.6 is 11.3 Å². The number of aryl methyl sites for hydroxylation is 2. The van der Waals surface area contributed by atoms with Gasteiger partial charge in [0, 0.05) is 22.8 Å². The lowest BCUT2D eigenvalue weighted by Crippen LogP contribution is -2.05. The van der Waals surface area contributed by atoms with Crippen molar-refractivity contribution in [1.29, 1.82) is 0 Å². The zero-order chi connectivity index (χ0) is 14.3. The van der Waals surface area contributed by atoms with E-state index >= 15 is 0 Å². The van der Waals surface area contributed by atoms with Gasteiger partial charge >= 0.3 is 0 Å². The van der Waals surface area contributed by atoms with Gasteiger partial charge in [-0.1, -0.05) is 0 Å². The average molecular weight is 293 g/mol. The molecule has 1 N–H and O–H groups in total. The molecule has 0 bridgehead atoms. The van der Waals surface area contributed by atoms with E-state index < -0.39 is 11.6 Å². The van der Waals surface area contributed by atoms with E-state index in [-0.39, 0.29) is 0 Å². The van der Waals surface area contributed by atoms with Crippen LogP contribution in [0.25, 0.3) is 4.96 Å². The summed E-state index contributed by atoms with van der Waals surface area (Å²) in [6, 6.07) is 3.79. The normalized spacial score (nSPS) is 11.2. The number of halogens is 2. The first-order chi connectivity index (χ1) is 9.56. The lowest BCUT2D eigenvalue weighted by Gasteiger charge is -2.08. The monoisotopic (exact) mass is 293 g/mol. The van der Waals surface area contributed by atoms with E-state index in [0.717, 1.165) is 34.2 Å². The maximum Gasteiger partial charge on any atom is 0.194 e. The molecule has 3 rings (SSSR count). The van der Waals surface area contributed by atoms with E-state index in [1.807, 2.05) is 19.2 Å². The molecule has 0 radical (unpaired) electrons. The van der Waals surface area contributed by atoms with E-state index in [2.05, 4.69) is 14.7 Å². The average Bonchev–Trinajstić information content (AvgIpc) is 2.91. The second-order valence-corrected chi connectivity index (χ2v) is 5.46. The summed E-state index contributed by atoms with van der Waals surface area (Å²) >= 11 is 1.59. The van der Waals surface area contributed by atoms with Crippen LogP contribution in [-0.2, 0) is 6.54 Å².